The summed E-state index contributed by atoms with van der Waals surface area (Å²) in [7, 11) is -4.28. The summed E-state index contributed by atoms with van der Waals surface area (Å²) in [4.78, 5) is 2.85. The monoisotopic (exact) mass is 235 g/mol. The van der Waals surface area contributed by atoms with Crippen LogP contribution in [-0.2, 0) is 10.1 Å². The Bertz CT molecular complexity index is 702. The fourth-order valence-corrected chi connectivity index (χ4v) is 2.26. The van der Waals surface area contributed by atoms with Gasteiger partial charge in [0.1, 0.15) is 4.90 Å². The Hall–Kier alpha value is -1.97. The van der Waals surface area contributed by atoms with Crippen LogP contribution in [0.15, 0.2) is 41.3 Å². The van der Waals surface area contributed by atoms with Gasteiger partial charge < -0.3 is 0 Å². The van der Waals surface area contributed by atoms with Gasteiger partial charge in [-0.1, -0.05) is 18.2 Å². The summed E-state index contributed by atoms with van der Waals surface area (Å²) in [6, 6.07) is 8.99. The molecule has 0 amide bonds. The molecular weight excluding hydrogens is 228 g/mol. The molecule has 0 aliphatic heterocycles. The largest absolute Gasteiger partial charge is 0.392 e. The van der Waals surface area contributed by atoms with Crippen LogP contribution >= 0.6 is 0 Å². The first-order valence-corrected chi connectivity index (χ1v) is 5.82. The molecule has 0 aliphatic rings. The van der Waals surface area contributed by atoms with E-state index < -0.39 is 10.1 Å². The van der Waals surface area contributed by atoms with Crippen LogP contribution in [0.2, 0.25) is 0 Å². The van der Waals surface area contributed by atoms with Crippen LogP contribution in [0.4, 0.5) is 5.69 Å². The number of benzene rings is 2. The van der Waals surface area contributed by atoms with E-state index in [9.17, 15) is 8.42 Å². The van der Waals surface area contributed by atoms with Crippen LogP contribution in [0.5, 0.6) is 0 Å². The first-order valence-electron chi connectivity index (χ1n) is 4.38. The van der Waals surface area contributed by atoms with E-state index in [1.54, 1.807) is 18.2 Å². The summed E-state index contributed by atoms with van der Waals surface area (Å²) in [6.07, 6.45) is 0. The highest BCUT2D eigenvalue weighted by atomic mass is 32.2. The third kappa shape index (κ3) is 1.62. The molecule has 2 aromatic rings. The molecule has 80 valence electrons. The van der Waals surface area contributed by atoms with Gasteiger partial charge in [0.15, 0.2) is 4.98 Å². The zero-order valence-corrected chi connectivity index (χ0v) is 8.85. The second-order valence-corrected chi connectivity index (χ2v) is 4.59. The molecular formula is C10H7N2O3S+. The lowest BCUT2D eigenvalue weighted by Crippen LogP contribution is -1.98. The van der Waals surface area contributed by atoms with Crippen molar-refractivity contribution < 1.29 is 13.0 Å². The molecule has 6 heteroatoms. The van der Waals surface area contributed by atoms with Gasteiger partial charge in [0.05, 0.1) is 5.39 Å². The van der Waals surface area contributed by atoms with Crippen molar-refractivity contribution in [3.8, 4) is 0 Å². The van der Waals surface area contributed by atoms with Gasteiger partial charge >= 0.3 is 5.69 Å². The predicted octanol–water partition coefficient (Wildman–Crippen LogP) is 2.57. The molecule has 0 unspecified atom stereocenters. The molecule has 0 saturated heterocycles. The van der Waals surface area contributed by atoms with E-state index in [2.05, 4.69) is 4.98 Å². The SMILES string of the molecule is N#[N+]c1ccc(S(=O)(=O)O)c2ccccc12. The van der Waals surface area contributed by atoms with Crippen molar-refractivity contribution in [2.75, 3.05) is 0 Å². The molecule has 0 heterocycles. The van der Waals surface area contributed by atoms with Crippen molar-refractivity contribution in [3.05, 3.63) is 41.4 Å². The van der Waals surface area contributed by atoms with Crippen molar-refractivity contribution >= 4 is 26.6 Å². The molecule has 0 spiro atoms. The van der Waals surface area contributed by atoms with Crippen molar-refractivity contribution in [2.24, 2.45) is 0 Å². The van der Waals surface area contributed by atoms with E-state index in [4.69, 9.17) is 9.95 Å². The van der Waals surface area contributed by atoms with Gasteiger partial charge in [-0.15, -0.1) is 0 Å². The van der Waals surface area contributed by atoms with E-state index in [-0.39, 0.29) is 10.6 Å². The van der Waals surface area contributed by atoms with Crippen LogP contribution < -0.4 is 0 Å². The smallest absolute Gasteiger partial charge is 0.282 e. The highest BCUT2D eigenvalue weighted by Crippen LogP contribution is 2.30. The van der Waals surface area contributed by atoms with E-state index in [1.165, 1.54) is 18.2 Å². The van der Waals surface area contributed by atoms with Crippen molar-refractivity contribution in [2.45, 2.75) is 4.90 Å². The first-order chi connectivity index (χ1) is 7.54. The van der Waals surface area contributed by atoms with Gasteiger partial charge in [-0.05, 0) is 12.1 Å². The number of rotatable bonds is 1. The van der Waals surface area contributed by atoms with Gasteiger partial charge in [-0.25, -0.2) is 0 Å². The van der Waals surface area contributed by atoms with Crippen molar-refractivity contribution in [3.63, 3.8) is 0 Å². The molecule has 2 aromatic carbocycles. The van der Waals surface area contributed by atoms with Gasteiger partial charge in [0.2, 0.25) is 5.39 Å². The molecule has 0 aromatic heterocycles. The summed E-state index contributed by atoms with van der Waals surface area (Å²) in [5.74, 6) is 0. The number of hydrogen-bond acceptors (Lipinski definition) is 3. The van der Waals surface area contributed by atoms with Gasteiger partial charge in [-0.3, -0.25) is 4.55 Å². The molecule has 0 radical (unpaired) electrons. The third-order valence-corrected chi connectivity index (χ3v) is 3.16. The average Bonchev–Trinajstić information content (AvgIpc) is 2.26. The van der Waals surface area contributed by atoms with Gasteiger partial charge in [0.25, 0.3) is 10.1 Å². The van der Waals surface area contributed by atoms with E-state index in [1.807, 2.05) is 0 Å². The summed E-state index contributed by atoms with van der Waals surface area (Å²) in [5.41, 5.74) is 0.253. The summed E-state index contributed by atoms with van der Waals surface area (Å²) in [6.45, 7) is 0. The maximum absolute atomic E-state index is 11.1. The zero-order valence-electron chi connectivity index (χ0n) is 8.03. The topological polar surface area (TPSA) is 82.5 Å². The second kappa shape index (κ2) is 3.56. The molecule has 1 N–H and O–H groups in total. The molecule has 5 nitrogen and oxygen atoms in total. The summed E-state index contributed by atoms with van der Waals surface area (Å²) >= 11 is 0. The molecule has 0 atom stereocenters. The average molecular weight is 235 g/mol. The molecule has 0 saturated carbocycles. The Kier molecular flexibility index (Phi) is 2.34. The maximum Gasteiger partial charge on any atom is 0.392 e. The number of fused-ring (bicyclic) bond motifs is 1. The minimum atomic E-state index is -4.28. The summed E-state index contributed by atoms with van der Waals surface area (Å²) < 4.78 is 31.2. The minimum Gasteiger partial charge on any atom is -0.282 e. The first kappa shape index (κ1) is 10.5. The summed E-state index contributed by atoms with van der Waals surface area (Å²) in [5, 5.41) is 9.52. The quantitative estimate of drug-likeness (QED) is 0.608. The molecule has 2 rings (SSSR count). The number of nitrogens with zero attached hydrogens (tertiary/aromatic N) is 2. The third-order valence-electron chi connectivity index (χ3n) is 2.25. The standard InChI is InChI=1S/C10H6N2O3S/c11-12-9-5-6-10(16(13,14)15)8-4-2-1-3-7(8)9/h1-6H/p+1. The molecule has 0 aliphatic carbocycles. The predicted molar refractivity (Wildman–Crippen MR) is 58.5 cm³/mol. The fourth-order valence-electron chi connectivity index (χ4n) is 1.57. The van der Waals surface area contributed by atoms with E-state index >= 15 is 0 Å². The normalized spacial score (nSPS) is 11.2. The fraction of sp³-hybridized carbons (Fsp3) is 0. The van der Waals surface area contributed by atoms with Crippen LogP contribution in [0.3, 0.4) is 0 Å². The Balaban J connectivity index is 2.98. The number of hydrogen-bond donors (Lipinski definition) is 1. The number of diazo groups is 1. The Morgan fingerprint density at radius 1 is 1.06 bits per heavy atom. The lowest BCUT2D eigenvalue weighted by molar-refractivity contribution is 0.484. The van der Waals surface area contributed by atoms with Gasteiger partial charge in [0, 0.05) is 11.5 Å². The van der Waals surface area contributed by atoms with Crippen molar-refractivity contribution in [1.82, 2.24) is 0 Å². The Morgan fingerprint density at radius 2 is 1.69 bits per heavy atom. The van der Waals surface area contributed by atoms with E-state index in [0.717, 1.165) is 0 Å². The zero-order chi connectivity index (χ0) is 11.8. The highest BCUT2D eigenvalue weighted by Gasteiger charge is 2.19. The molecule has 0 bridgehead atoms. The second-order valence-electron chi connectivity index (χ2n) is 3.20. The van der Waals surface area contributed by atoms with Gasteiger partial charge in [-0.2, -0.15) is 8.42 Å². The van der Waals surface area contributed by atoms with Crippen molar-refractivity contribution in [1.29, 1.82) is 5.39 Å². The van der Waals surface area contributed by atoms with Crippen LogP contribution in [0.25, 0.3) is 15.7 Å². The van der Waals surface area contributed by atoms with Crippen LogP contribution in [0, 0.1) is 5.39 Å². The lowest BCUT2D eigenvalue weighted by atomic mass is 10.1. The minimum absolute atomic E-state index is 0.199. The molecule has 16 heavy (non-hydrogen) atoms. The maximum atomic E-state index is 11.1. The van der Waals surface area contributed by atoms with Crippen LogP contribution in [-0.4, -0.2) is 13.0 Å². The highest BCUT2D eigenvalue weighted by molar-refractivity contribution is 7.86. The Morgan fingerprint density at radius 3 is 2.25 bits per heavy atom. The molecule has 0 fully saturated rings. The lowest BCUT2D eigenvalue weighted by Gasteiger charge is -2.00. The van der Waals surface area contributed by atoms with E-state index in [0.29, 0.717) is 10.8 Å². The Labute approximate surface area is 91.7 Å². The van der Waals surface area contributed by atoms with Crippen LogP contribution in [0.1, 0.15) is 0 Å².